The average Bonchev–Trinajstić information content (AvgIpc) is 2.56. The van der Waals surface area contributed by atoms with Gasteiger partial charge in [0.1, 0.15) is 6.04 Å². The number of hydrogen-bond donors (Lipinski definition) is 3. The minimum absolute atomic E-state index is 0.119. The number of aryl methyl sites for hydroxylation is 3. The Labute approximate surface area is 142 Å². The Balaban J connectivity index is 1.91. The smallest absolute Gasteiger partial charge is 0.243 e. The van der Waals surface area contributed by atoms with Gasteiger partial charge in [-0.1, -0.05) is 48.0 Å². The summed E-state index contributed by atoms with van der Waals surface area (Å²) >= 11 is 0. The standard InChI is InChI=1S/C19H23N3O2/c1-12-7-9-15(10-8-12)17(20)19(24)21-11-16(23)22-18-13(2)5-4-6-14(18)3/h4-10,17H,11,20H2,1-3H3,(H,21,24)(H,22,23). The molecule has 0 heterocycles. The number of para-hydroxylation sites is 1. The van der Waals surface area contributed by atoms with Crippen molar-refractivity contribution in [3.8, 4) is 0 Å². The van der Waals surface area contributed by atoms with Crippen LogP contribution in [0.5, 0.6) is 0 Å². The van der Waals surface area contributed by atoms with E-state index in [2.05, 4.69) is 10.6 Å². The molecule has 1 atom stereocenters. The van der Waals surface area contributed by atoms with Crippen molar-refractivity contribution in [3.05, 3.63) is 64.7 Å². The van der Waals surface area contributed by atoms with E-state index in [0.717, 1.165) is 22.4 Å². The molecule has 2 amide bonds. The molecule has 5 heteroatoms. The Bertz CT molecular complexity index is 719. The van der Waals surface area contributed by atoms with Gasteiger partial charge in [-0.2, -0.15) is 0 Å². The number of nitrogens with one attached hydrogen (secondary N) is 2. The van der Waals surface area contributed by atoms with E-state index in [1.54, 1.807) is 0 Å². The Morgan fingerprint density at radius 3 is 2.17 bits per heavy atom. The predicted molar refractivity (Wildman–Crippen MR) is 95.7 cm³/mol. The molecule has 2 rings (SSSR count). The average molecular weight is 325 g/mol. The molecule has 0 fully saturated rings. The molecule has 0 saturated carbocycles. The van der Waals surface area contributed by atoms with Gasteiger partial charge in [-0.15, -0.1) is 0 Å². The molecule has 0 bridgehead atoms. The molecule has 24 heavy (non-hydrogen) atoms. The number of rotatable bonds is 5. The van der Waals surface area contributed by atoms with Crippen LogP contribution in [-0.4, -0.2) is 18.4 Å². The molecule has 0 radical (unpaired) electrons. The van der Waals surface area contributed by atoms with Gasteiger partial charge in [0.05, 0.1) is 6.54 Å². The maximum absolute atomic E-state index is 12.1. The van der Waals surface area contributed by atoms with E-state index in [9.17, 15) is 9.59 Å². The summed E-state index contributed by atoms with van der Waals surface area (Å²) in [7, 11) is 0. The number of carbonyl (C=O) groups excluding carboxylic acids is 2. The number of anilines is 1. The normalized spacial score (nSPS) is 11.7. The summed E-state index contributed by atoms with van der Waals surface area (Å²) in [5.41, 5.74) is 10.5. The fourth-order valence-electron chi connectivity index (χ4n) is 2.40. The summed E-state index contributed by atoms with van der Waals surface area (Å²) in [6.07, 6.45) is 0. The summed E-state index contributed by atoms with van der Waals surface area (Å²) in [5, 5.41) is 5.40. The highest BCUT2D eigenvalue weighted by Crippen LogP contribution is 2.19. The largest absolute Gasteiger partial charge is 0.345 e. The van der Waals surface area contributed by atoms with Gasteiger partial charge < -0.3 is 16.4 Å². The lowest BCUT2D eigenvalue weighted by atomic mass is 10.1. The maximum Gasteiger partial charge on any atom is 0.243 e. The third-order valence-corrected chi connectivity index (χ3v) is 3.89. The second-order valence-corrected chi connectivity index (χ2v) is 5.92. The molecule has 0 aromatic heterocycles. The molecule has 126 valence electrons. The fourth-order valence-corrected chi connectivity index (χ4v) is 2.40. The number of amides is 2. The zero-order valence-corrected chi connectivity index (χ0v) is 14.2. The number of benzene rings is 2. The summed E-state index contributed by atoms with van der Waals surface area (Å²) in [6.45, 7) is 5.70. The van der Waals surface area contributed by atoms with E-state index < -0.39 is 6.04 Å². The highest BCUT2D eigenvalue weighted by atomic mass is 16.2. The molecule has 2 aromatic carbocycles. The minimum atomic E-state index is -0.793. The van der Waals surface area contributed by atoms with Crippen molar-refractivity contribution in [3.63, 3.8) is 0 Å². The van der Waals surface area contributed by atoms with Gasteiger partial charge in [-0.3, -0.25) is 9.59 Å². The summed E-state index contributed by atoms with van der Waals surface area (Å²) < 4.78 is 0. The summed E-state index contributed by atoms with van der Waals surface area (Å²) in [6, 6.07) is 12.4. The number of nitrogens with two attached hydrogens (primary N) is 1. The topological polar surface area (TPSA) is 84.2 Å². The lowest BCUT2D eigenvalue weighted by Gasteiger charge is -2.14. The molecule has 0 aliphatic carbocycles. The molecular weight excluding hydrogens is 302 g/mol. The van der Waals surface area contributed by atoms with Gasteiger partial charge in [0, 0.05) is 5.69 Å². The van der Waals surface area contributed by atoms with Crippen molar-refractivity contribution < 1.29 is 9.59 Å². The monoisotopic (exact) mass is 325 g/mol. The third kappa shape index (κ3) is 4.43. The zero-order chi connectivity index (χ0) is 17.7. The molecule has 2 aromatic rings. The van der Waals surface area contributed by atoms with E-state index in [-0.39, 0.29) is 18.4 Å². The predicted octanol–water partition coefficient (Wildman–Crippen LogP) is 2.37. The van der Waals surface area contributed by atoms with E-state index in [0.29, 0.717) is 5.56 Å². The lowest BCUT2D eigenvalue weighted by Crippen LogP contribution is -2.39. The van der Waals surface area contributed by atoms with Crippen LogP contribution in [0.25, 0.3) is 0 Å². The lowest BCUT2D eigenvalue weighted by molar-refractivity contribution is -0.125. The van der Waals surface area contributed by atoms with Crippen LogP contribution in [0.15, 0.2) is 42.5 Å². The Morgan fingerprint density at radius 2 is 1.58 bits per heavy atom. The molecule has 0 aliphatic rings. The first-order valence-electron chi connectivity index (χ1n) is 7.84. The summed E-state index contributed by atoms with van der Waals surface area (Å²) in [5.74, 6) is -0.660. The van der Waals surface area contributed by atoms with Crippen LogP contribution in [0, 0.1) is 20.8 Å². The van der Waals surface area contributed by atoms with Gasteiger partial charge in [0.2, 0.25) is 11.8 Å². The van der Waals surface area contributed by atoms with Crippen LogP contribution in [0.1, 0.15) is 28.3 Å². The van der Waals surface area contributed by atoms with Crippen LogP contribution in [-0.2, 0) is 9.59 Å². The fraction of sp³-hybridized carbons (Fsp3) is 0.263. The van der Waals surface area contributed by atoms with Gasteiger partial charge in [0.15, 0.2) is 0 Å². The van der Waals surface area contributed by atoms with Crippen LogP contribution >= 0.6 is 0 Å². The molecule has 1 unspecified atom stereocenters. The third-order valence-electron chi connectivity index (χ3n) is 3.89. The summed E-state index contributed by atoms with van der Waals surface area (Å²) in [4.78, 5) is 24.2. The highest BCUT2D eigenvalue weighted by Gasteiger charge is 2.16. The number of hydrogen-bond acceptors (Lipinski definition) is 3. The van der Waals surface area contributed by atoms with E-state index in [1.165, 1.54) is 0 Å². The molecule has 4 N–H and O–H groups in total. The van der Waals surface area contributed by atoms with Crippen LogP contribution in [0.4, 0.5) is 5.69 Å². The van der Waals surface area contributed by atoms with Gasteiger partial charge in [0.25, 0.3) is 0 Å². The first-order chi connectivity index (χ1) is 11.4. The second-order valence-electron chi connectivity index (χ2n) is 5.92. The SMILES string of the molecule is Cc1ccc(C(N)C(=O)NCC(=O)Nc2c(C)cccc2C)cc1. The van der Waals surface area contributed by atoms with Crippen molar-refractivity contribution in [2.24, 2.45) is 5.73 Å². The van der Waals surface area contributed by atoms with Crippen molar-refractivity contribution in [2.75, 3.05) is 11.9 Å². The van der Waals surface area contributed by atoms with Crippen LogP contribution < -0.4 is 16.4 Å². The van der Waals surface area contributed by atoms with E-state index in [4.69, 9.17) is 5.73 Å². The first-order valence-corrected chi connectivity index (χ1v) is 7.84. The van der Waals surface area contributed by atoms with Gasteiger partial charge >= 0.3 is 0 Å². The Hall–Kier alpha value is -2.66. The quantitative estimate of drug-likeness (QED) is 0.789. The van der Waals surface area contributed by atoms with E-state index >= 15 is 0 Å². The molecular formula is C19H23N3O2. The van der Waals surface area contributed by atoms with Crippen LogP contribution in [0.3, 0.4) is 0 Å². The van der Waals surface area contributed by atoms with Crippen molar-refractivity contribution >= 4 is 17.5 Å². The Kier molecular flexibility index (Phi) is 5.71. The first kappa shape index (κ1) is 17.7. The minimum Gasteiger partial charge on any atom is -0.345 e. The van der Waals surface area contributed by atoms with Crippen molar-refractivity contribution in [2.45, 2.75) is 26.8 Å². The maximum atomic E-state index is 12.1. The zero-order valence-electron chi connectivity index (χ0n) is 14.2. The Morgan fingerprint density at radius 1 is 1.00 bits per heavy atom. The molecule has 0 saturated heterocycles. The van der Waals surface area contributed by atoms with Gasteiger partial charge in [-0.05, 0) is 37.5 Å². The van der Waals surface area contributed by atoms with Gasteiger partial charge in [-0.25, -0.2) is 0 Å². The molecule has 5 nitrogen and oxygen atoms in total. The number of carbonyl (C=O) groups is 2. The van der Waals surface area contributed by atoms with Crippen LogP contribution in [0.2, 0.25) is 0 Å². The van der Waals surface area contributed by atoms with E-state index in [1.807, 2.05) is 63.2 Å². The van der Waals surface area contributed by atoms with Crippen molar-refractivity contribution in [1.29, 1.82) is 0 Å². The highest BCUT2D eigenvalue weighted by molar-refractivity contribution is 5.96. The molecule has 0 spiro atoms. The molecule has 0 aliphatic heterocycles. The van der Waals surface area contributed by atoms with Crippen molar-refractivity contribution in [1.82, 2.24) is 5.32 Å². The second kappa shape index (κ2) is 7.75.